The van der Waals surface area contributed by atoms with E-state index in [4.69, 9.17) is 28.4 Å². The molecule has 0 aromatic heterocycles. The molecule has 0 N–H and O–H groups in total. The molecule has 816 valence electrons. The zero-order valence-electron chi connectivity index (χ0n) is 92.6. The van der Waals surface area contributed by atoms with Crippen LogP contribution in [0, 0.1) is 83.2 Å². The smallest absolute Gasteiger partial charge is 0.416 e. The van der Waals surface area contributed by atoms with E-state index in [0.717, 1.165) is 180 Å². The van der Waals surface area contributed by atoms with Crippen LogP contribution in [0.3, 0.4) is 0 Å². The van der Waals surface area contributed by atoms with Gasteiger partial charge in [-0.2, -0.15) is 13.2 Å². The van der Waals surface area contributed by atoms with Crippen LogP contribution in [-0.4, -0.2) is 81.9 Å². The molecule has 0 aliphatic heterocycles. The van der Waals surface area contributed by atoms with Gasteiger partial charge in [0.2, 0.25) is 0 Å². The first kappa shape index (κ1) is 124. The Morgan fingerprint density at radius 1 is 0.227 bits per heavy atom. The van der Waals surface area contributed by atoms with Crippen molar-refractivity contribution in [3.63, 3.8) is 0 Å². The molecule has 0 amide bonds. The fraction of sp³-hybridized carbons (Fsp3) is 0.438. The van der Waals surface area contributed by atoms with E-state index in [1.807, 2.05) is 154 Å². The second-order valence-corrected chi connectivity index (χ2v) is 38.5. The molecule has 0 saturated carbocycles. The summed E-state index contributed by atoms with van der Waals surface area (Å²) < 4.78 is 171. The van der Waals surface area contributed by atoms with Crippen molar-refractivity contribution < 1.29 is 72.3 Å². The maximum Gasteiger partial charge on any atom is 0.416 e. The highest BCUT2D eigenvalue weighted by Gasteiger charge is 2.33. The lowest BCUT2D eigenvalue weighted by Gasteiger charge is -2.30. The molecule has 12 aromatic carbocycles. The summed E-state index contributed by atoms with van der Waals surface area (Å²) in [6, 6.07) is 78.8. The van der Waals surface area contributed by atoms with Gasteiger partial charge in [-0.05, 0) is 233 Å². The first-order valence-electron chi connectivity index (χ1n) is 54.3. The molecule has 0 aliphatic rings. The summed E-state index contributed by atoms with van der Waals surface area (Å²) in [5.74, 6) is 4.07. The fourth-order valence-electron chi connectivity index (χ4n) is 18.2. The fourth-order valence-corrected chi connectivity index (χ4v) is 18.2. The number of nitrogens with zero attached hydrogens (tertiary/aromatic N) is 6. The molecule has 12 nitrogen and oxygen atoms in total. The Morgan fingerprint density at radius 2 is 0.487 bits per heavy atom. The van der Waals surface area contributed by atoms with Crippen LogP contribution in [0.4, 0.5) is 112 Å². The Morgan fingerprint density at radius 3 is 0.807 bits per heavy atom. The van der Waals surface area contributed by atoms with Crippen molar-refractivity contribution in [2.24, 2.45) is 35.5 Å². The number of unbranched alkanes of at least 4 members (excludes halogenated alkanes) is 6. The lowest BCUT2D eigenvalue weighted by Crippen LogP contribution is -2.26. The third-order valence-electron chi connectivity index (χ3n) is 27.7. The minimum absolute atomic E-state index is 0.00528. The first-order chi connectivity index (χ1) is 72.5. The molecule has 12 rings (SSSR count). The van der Waals surface area contributed by atoms with Gasteiger partial charge >= 0.3 is 6.18 Å². The van der Waals surface area contributed by atoms with Crippen LogP contribution in [-0.2, 0) is 6.18 Å². The van der Waals surface area contributed by atoms with Gasteiger partial charge < -0.3 is 57.8 Å². The Labute approximate surface area is 891 Å². The van der Waals surface area contributed by atoms with Gasteiger partial charge in [-0.3, -0.25) is 0 Å². The first-order valence-corrected chi connectivity index (χ1v) is 54.3. The zero-order valence-corrected chi connectivity index (χ0v) is 92.6. The van der Waals surface area contributed by atoms with Crippen LogP contribution >= 0.6 is 0 Å². The Balaban J connectivity index is 0.000000243. The van der Waals surface area contributed by atoms with Gasteiger partial charge in [0, 0.05) is 133 Å². The summed E-state index contributed by atoms with van der Waals surface area (Å²) >= 11 is 0. The third-order valence-corrected chi connectivity index (χ3v) is 27.7. The average Bonchev–Trinajstić information content (AvgIpc) is 0.857. The van der Waals surface area contributed by atoms with Gasteiger partial charge in [-0.15, -0.1) is 0 Å². The van der Waals surface area contributed by atoms with Crippen molar-refractivity contribution in [3.8, 4) is 34.5 Å². The van der Waals surface area contributed by atoms with Gasteiger partial charge in [0.1, 0.15) is 80.9 Å². The molecule has 0 spiro atoms. The highest BCUT2D eigenvalue weighted by atomic mass is 19.4. The highest BCUT2D eigenvalue weighted by molar-refractivity contribution is 5.71. The van der Waals surface area contributed by atoms with E-state index in [9.17, 15) is 43.9 Å². The summed E-state index contributed by atoms with van der Waals surface area (Å²) in [6.45, 7) is 32.8. The number of para-hydroxylation sites is 2. The van der Waals surface area contributed by atoms with Gasteiger partial charge in [0.15, 0.2) is 0 Å². The third kappa shape index (κ3) is 41.0. The van der Waals surface area contributed by atoms with E-state index in [2.05, 4.69) is 142 Å². The number of anilines is 12. The van der Waals surface area contributed by atoms with Crippen LogP contribution in [0.2, 0.25) is 0 Å². The van der Waals surface area contributed by atoms with Crippen molar-refractivity contribution >= 4 is 68.2 Å². The van der Waals surface area contributed by atoms with E-state index < -0.39 is 46.6 Å². The molecule has 150 heavy (non-hydrogen) atoms. The second kappa shape index (κ2) is 68.4. The molecule has 0 heterocycles. The van der Waals surface area contributed by atoms with E-state index in [1.165, 1.54) is 123 Å². The lowest BCUT2D eigenvalue weighted by molar-refractivity contribution is -0.137. The molecule has 12 aromatic rings. The summed E-state index contributed by atoms with van der Waals surface area (Å²) in [6.07, 6.45) is 22.6. The van der Waals surface area contributed by atoms with Crippen LogP contribution < -0.4 is 57.8 Å². The maximum absolute atomic E-state index is 14.5. The summed E-state index contributed by atoms with van der Waals surface area (Å²) in [7, 11) is 9.77. The molecular weight excluding hydrogens is 1910 g/mol. The van der Waals surface area contributed by atoms with Crippen molar-refractivity contribution in [1.29, 1.82) is 0 Å². The lowest BCUT2D eigenvalue weighted by atomic mass is 9.98. The molecule has 0 bridgehead atoms. The summed E-state index contributed by atoms with van der Waals surface area (Å²) in [4.78, 5) is 12.0. The quantitative estimate of drug-likeness (QED) is 0.0341. The normalized spacial score (nSPS) is 12.1. The van der Waals surface area contributed by atoms with E-state index >= 15 is 0 Å². The van der Waals surface area contributed by atoms with Crippen molar-refractivity contribution in [2.45, 2.75) is 250 Å². The number of alkyl halides is 3. The van der Waals surface area contributed by atoms with E-state index in [-0.39, 0.29) is 17.2 Å². The summed E-state index contributed by atoms with van der Waals surface area (Å²) in [5.41, 5.74) is 9.15. The topological polar surface area (TPSA) is 74.8 Å². The number of ether oxygens (including phenoxy) is 6. The van der Waals surface area contributed by atoms with Crippen molar-refractivity contribution in [2.75, 3.05) is 111 Å². The molecule has 22 heteroatoms. The molecular formula is C128H168F10N6O6. The van der Waals surface area contributed by atoms with Gasteiger partial charge in [-0.1, -0.05) is 277 Å². The Bertz CT molecular complexity index is 5750. The van der Waals surface area contributed by atoms with Crippen LogP contribution in [0.5, 0.6) is 34.5 Å². The van der Waals surface area contributed by atoms with Crippen molar-refractivity contribution in [3.05, 3.63) is 325 Å². The molecule has 0 radical (unpaired) electrons. The Hall–Kier alpha value is -12.5. The maximum atomic E-state index is 14.5. The average molecular weight is 2080 g/mol. The zero-order chi connectivity index (χ0) is 109. The predicted molar refractivity (Wildman–Crippen MR) is 608 cm³/mol. The molecule has 0 fully saturated rings. The van der Waals surface area contributed by atoms with Gasteiger partial charge in [0.25, 0.3) is 0 Å². The van der Waals surface area contributed by atoms with Crippen LogP contribution in [0.25, 0.3) is 0 Å². The van der Waals surface area contributed by atoms with Gasteiger partial charge in [-0.25, -0.2) is 30.7 Å². The van der Waals surface area contributed by atoms with Crippen molar-refractivity contribution in [1.82, 2.24) is 0 Å². The molecule has 6 atom stereocenters. The standard InChI is InChI=1S/C22H28F3NO.C22H31NO.3C21H27F2NO.C21H28FNO/c1-4-6-9-17(5-2)16-26(20-12-8-13-21(15-20)27-3)19-11-7-10-18(14-19)22(23,24)25;1-5-7-9-19(6-2)17-23(20-14-12-18(3)13-15-20)21-10-8-11-22(16-21)24-4;1-4-6-9-16(5-2)15-24(17-10-7-11-18(14-17)25-3)21-19(22)12-8-13-20(21)23;1-4-6-8-16(5-2)15-24(18-9-7-10-19(14-18)25-3)21-12-11-17(22)13-20(21)23;1-4-6-8-16(5-2)15-24(18-9-7-10-19(14-18)25-3)21-13-17(22)11-12-20(21)23;1-4-6-10-17(5-2)16-23(21-14-8-7-13-20(21)22)18-11-9-12-19(15-18)24-3/h7-8,10-15,17H,4-6,9,16H2,1-3H3;8,10-16,19H,5-7,9,17H2,1-4H3;7-8,10-14,16H,4-6,9,15H2,1-3H3;2*7,9-14,16H,4-6,8,15H2,1-3H3;7-9,11-15,17H,4-6,10,16H2,1-3H3. The molecule has 0 saturated heterocycles. The molecule has 0 aliphatic carbocycles. The van der Waals surface area contributed by atoms with E-state index in [1.54, 1.807) is 59.7 Å². The van der Waals surface area contributed by atoms with Crippen LogP contribution in [0.15, 0.2) is 273 Å². The number of methoxy groups -OCH3 is 6. The predicted octanol–water partition coefficient (Wildman–Crippen LogP) is 38.6. The number of halogens is 10. The highest BCUT2D eigenvalue weighted by Crippen LogP contribution is 2.43. The van der Waals surface area contributed by atoms with Gasteiger partial charge in [0.05, 0.1) is 65.3 Å². The number of hydrogen-bond donors (Lipinski definition) is 0. The monoisotopic (exact) mass is 2080 g/mol. The number of benzene rings is 12. The van der Waals surface area contributed by atoms with Crippen LogP contribution in [0.1, 0.15) is 248 Å². The van der Waals surface area contributed by atoms with E-state index in [0.29, 0.717) is 102 Å². The minimum atomic E-state index is -4.36. The summed E-state index contributed by atoms with van der Waals surface area (Å²) in [5, 5.41) is 0. The molecule has 6 unspecified atom stereocenters. The largest absolute Gasteiger partial charge is 0.497 e. The number of aryl methyl sites for hydroxylation is 1. The number of rotatable bonds is 54. The Kier molecular flexibility index (Phi) is 56.7. The SMILES string of the molecule is CCCCC(CC)CN(c1ccc(C)cc1)c1cccc(OC)c1.CCCCC(CC)CN(c1cccc(OC)c1)c1c(F)cccc1F.CCCCC(CC)CN(c1cccc(OC)c1)c1cc(F)ccc1F.CCCCC(CC)CN(c1cccc(OC)c1)c1ccc(F)cc1F.CCCCC(CC)CN(c1cccc(OC)c1)c1cccc(C(F)(F)F)c1.CCCCC(CC)CN(c1cccc(OC)c1)c1ccccc1F. The second-order valence-electron chi connectivity index (χ2n) is 38.5. The minimum Gasteiger partial charge on any atom is -0.497 e. The number of hydrogen-bond acceptors (Lipinski definition) is 12.